The number of ether oxygens (including phenoxy) is 1. The van der Waals surface area contributed by atoms with Crippen LogP contribution in [0.5, 0.6) is 0 Å². The van der Waals surface area contributed by atoms with E-state index in [1.165, 1.54) is 0 Å². The predicted octanol–water partition coefficient (Wildman–Crippen LogP) is 2.30. The molecule has 0 radical (unpaired) electrons. The zero-order valence-electron chi connectivity index (χ0n) is 24.5. The minimum Gasteiger partial charge on any atom is -0.432 e. The van der Waals surface area contributed by atoms with E-state index in [-0.39, 0.29) is 63.2 Å². The predicted molar refractivity (Wildman–Crippen MR) is 156 cm³/mol. The maximum Gasteiger partial charge on any atom is 0.533 e. The second-order valence-electron chi connectivity index (χ2n) is 10.5. The molecule has 234 valence electrons. The highest BCUT2D eigenvalue weighted by atomic mass is 16.8. The molecule has 5 amide bonds. The van der Waals surface area contributed by atoms with Gasteiger partial charge in [-0.05, 0) is 65.8 Å². The molecule has 13 heteroatoms. The number of aliphatic hydroxyl groups excluding tert-OH is 1. The Morgan fingerprint density at radius 3 is 2.30 bits per heavy atom. The van der Waals surface area contributed by atoms with Crippen LogP contribution in [0.15, 0.2) is 36.4 Å². The molecule has 0 spiro atoms. The number of benzene rings is 2. The highest BCUT2D eigenvalue weighted by molar-refractivity contribution is 6.01. The molecule has 1 aliphatic heterocycles. The summed E-state index contributed by atoms with van der Waals surface area (Å²) in [6, 6.07) is 10.6. The molecule has 4 rings (SSSR count). The maximum atomic E-state index is 12.6. The third-order valence-corrected chi connectivity index (χ3v) is 7.29. The molecule has 2 aromatic carbocycles. The topological polar surface area (TPSA) is 180 Å². The van der Waals surface area contributed by atoms with Gasteiger partial charge in [0.1, 0.15) is 6.61 Å². The molecule has 0 saturated carbocycles. The van der Waals surface area contributed by atoms with Crippen molar-refractivity contribution in [3.8, 4) is 0 Å². The van der Waals surface area contributed by atoms with Crippen LogP contribution in [0.1, 0.15) is 84.0 Å². The summed E-state index contributed by atoms with van der Waals surface area (Å²) < 4.78 is 5.38. The summed E-state index contributed by atoms with van der Waals surface area (Å²) in [6.45, 7) is 2.17. The van der Waals surface area contributed by atoms with Crippen molar-refractivity contribution in [1.82, 2.24) is 15.7 Å². The summed E-state index contributed by atoms with van der Waals surface area (Å²) in [7, 11) is 0. The van der Waals surface area contributed by atoms with E-state index in [2.05, 4.69) is 16.0 Å². The van der Waals surface area contributed by atoms with Gasteiger partial charge in [-0.25, -0.2) is 4.79 Å². The van der Waals surface area contributed by atoms with E-state index < -0.39 is 23.9 Å². The van der Waals surface area contributed by atoms with Gasteiger partial charge in [0.25, 0.3) is 17.7 Å². The molecule has 4 N–H and O–H groups in total. The molecule has 1 heterocycles. The van der Waals surface area contributed by atoms with Gasteiger partial charge in [-0.1, -0.05) is 24.1 Å². The van der Waals surface area contributed by atoms with Crippen molar-refractivity contribution in [2.75, 3.05) is 31.6 Å². The van der Waals surface area contributed by atoms with Crippen molar-refractivity contribution >= 4 is 41.4 Å². The first-order valence-corrected chi connectivity index (χ1v) is 14.6. The van der Waals surface area contributed by atoms with Gasteiger partial charge < -0.3 is 25.8 Å². The number of rotatable bonds is 13. The summed E-state index contributed by atoms with van der Waals surface area (Å²) in [6.07, 6.45) is 0.785. The lowest BCUT2D eigenvalue weighted by Gasteiger charge is -2.29. The Labute approximate surface area is 254 Å². The minimum atomic E-state index is -1.23. The first-order chi connectivity index (χ1) is 21.2. The highest BCUT2D eigenvalue weighted by Gasteiger charge is 2.34. The van der Waals surface area contributed by atoms with Gasteiger partial charge in [0.05, 0.1) is 6.61 Å². The summed E-state index contributed by atoms with van der Waals surface area (Å²) in [4.78, 5) is 78.2. The van der Waals surface area contributed by atoms with Gasteiger partial charge >= 0.3 is 6.16 Å². The van der Waals surface area contributed by atoms with E-state index in [1.54, 1.807) is 24.3 Å². The Balaban J connectivity index is 1.52. The van der Waals surface area contributed by atoms with Crippen molar-refractivity contribution in [3.05, 3.63) is 64.2 Å². The average Bonchev–Trinajstić information content (AvgIpc) is 3.32. The van der Waals surface area contributed by atoms with Crippen LogP contribution in [0.4, 0.5) is 10.5 Å². The maximum absolute atomic E-state index is 12.6. The molecular formula is C31H36N4O9. The van der Waals surface area contributed by atoms with E-state index in [0.717, 1.165) is 23.1 Å². The van der Waals surface area contributed by atoms with Crippen molar-refractivity contribution < 1.29 is 43.4 Å². The fourth-order valence-corrected chi connectivity index (χ4v) is 5.10. The smallest absolute Gasteiger partial charge is 0.432 e. The Hall–Kier alpha value is -4.78. The Bertz CT molecular complexity index is 1430. The standard InChI is InChI=1S/C31H36N4O9/c1-2-12-32-26(37)4-3-5-27(38)34-22-9-8-20-15-19-6-7-21(30(41)33-13-14-36)16-23(19)25(24(20)17-22)18-43-31(42)44-35-28(39)10-11-29(35)40/h6-9,16-17,25,36H,2-5,10-15,18H2,1H3,(H,32,37)(H,33,41)(H,34,38). The zero-order chi connectivity index (χ0) is 31.6. The molecule has 1 unspecified atom stereocenters. The van der Waals surface area contributed by atoms with Crippen LogP contribution in [0.3, 0.4) is 0 Å². The number of carbonyl (C=O) groups is 6. The van der Waals surface area contributed by atoms with Crippen LogP contribution in [0, 0.1) is 0 Å². The summed E-state index contributed by atoms with van der Waals surface area (Å²) in [5.41, 5.74) is 4.09. The molecule has 0 bridgehead atoms. The highest BCUT2D eigenvalue weighted by Crippen LogP contribution is 2.39. The lowest BCUT2D eigenvalue weighted by Crippen LogP contribution is -2.33. The van der Waals surface area contributed by atoms with Crippen LogP contribution in [-0.4, -0.2) is 72.2 Å². The molecule has 1 atom stereocenters. The lowest BCUT2D eigenvalue weighted by atomic mass is 9.77. The van der Waals surface area contributed by atoms with Gasteiger partial charge in [0.15, 0.2) is 0 Å². The van der Waals surface area contributed by atoms with E-state index in [0.29, 0.717) is 41.3 Å². The van der Waals surface area contributed by atoms with Crippen molar-refractivity contribution in [2.45, 2.75) is 57.8 Å². The van der Waals surface area contributed by atoms with Crippen molar-refractivity contribution in [2.24, 2.45) is 0 Å². The van der Waals surface area contributed by atoms with Gasteiger partial charge in [-0.15, -0.1) is 0 Å². The largest absolute Gasteiger partial charge is 0.533 e. The van der Waals surface area contributed by atoms with Crippen LogP contribution in [0.25, 0.3) is 0 Å². The van der Waals surface area contributed by atoms with Crippen molar-refractivity contribution in [1.29, 1.82) is 0 Å². The minimum absolute atomic E-state index is 0.0584. The van der Waals surface area contributed by atoms with Crippen LogP contribution >= 0.6 is 0 Å². The number of imide groups is 1. The molecule has 1 fully saturated rings. The second-order valence-corrected chi connectivity index (χ2v) is 10.5. The molecule has 13 nitrogen and oxygen atoms in total. The average molecular weight is 609 g/mol. The van der Waals surface area contributed by atoms with E-state index in [9.17, 15) is 28.8 Å². The third-order valence-electron chi connectivity index (χ3n) is 7.29. The van der Waals surface area contributed by atoms with Crippen LogP contribution in [0.2, 0.25) is 0 Å². The number of anilines is 1. The Morgan fingerprint density at radius 1 is 0.909 bits per heavy atom. The van der Waals surface area contributed by atoms with E-state index in [1.807, 2.05) is 19.1 Å². The van der Waals surface area contributed by atoms with Gasteiger partial charge in [-0.3, -0.25) is 28.8 Å². The van der Waals surface area contributed by atoms with E-state index >= 15 is 0 Å². The number of carbonyl (C=O) groups excluding carboxylic acids is 6. The molecule has 2 aliphatic rings. The number of aliphatic hydroxyl groups is 1. The molecule has 1 saturated heterocycles. The molecule has 2 aromatic rings. The monoisotopic (exact) mass is 608 g/mol. The third kappa shape index (κ3) is 8.19. The Kier molecular flexibility index (Phi) is 11.0. The molecule has 44 heavy (non-hydrogen) atoms. The number of hydroxylamine groups is 2. The molecule has 0 aromatic heterocycles. The normalized spacial score (nSPS) is 15.2. The van der Waals surface area contributed by atoms with E-state index in [4.69, 9.17) is 14.7 Å². The van der Waals surface area contributed by atoms with Gasteiger partial charge in [-0.2, -0.15) is 0 Å². The quantitative estimate of drug-likeness (QED) is 0.196. The van der Waals surface area contributed by atoms with Gasteiger partial charge in [0.2, 0.25) is 11.8 Å². The second kappa shape index (κ2) is 15.1. The van der Waals surface area contributed by atoms with Crippen LogP contribution < -0.4 is 16.0 Å². The summed E-state index contributed by atoms with van der Waals surface area (Å²) >= 11 is 0. The number of amides is 5. The number of nitrogens with zero attached hydrogens (tertiary/aromatic N) is 1. The summed E-state index contributed by atoms with van der Waals surface area (Å²) in [5.74, 6) is -2.61. The zero-order valence-corrected chi connectivity index (χ0v) is 24.5. The first kappa shape index (κ1) is 32.1. The number of hydrogen-bond donors (Lipinski definition) is 4. The van der Waals surface area contributed by atoms with Gasteiger partial charge in [0, 0.05) is 55.9 Å². The number of nitrogens with one attached hydrogen (secondary N) is 3. The Morgan fingerprint density at radius 2 is 1.59 bits per heavy atom. The fraction of sp³-hybridized carbons (Fsp3) is 0.419. The fourth-order valence-electron chi connectivity index (χ4n) is 5.10. The molecule has 1 aliphatic carbocycles. The van der Waals surface area contributed by atoms with Crippen LogP contribution in [-0.2, 0) is 35.2 Å². The SMILES string of the molecule is CCCNC(=O)CCCC(=O)Nc1ccc2c(c1)C(COC(=O)ON1C(=O)CCC1=O)c1cc(C(=O)NCCO)ccc1C2. The lowest BCUT2D eigenvalue weighted by molar-refractivity contribution is -0.177. The number of fused-ring (bicyclic) bond motifs is 2. The first-order valence-electron chi connectivity index (χ1n) is 14.6. The van der Waals surface area contributed by atoms with Crippen molar-refractivity contribution in [3.63, 3.8) is 0 Å². The summed E-state index contributed by atoms with van der Waals surface area (Å²) in [5, 5.41) is 17.7. The number of hydrogen-bond acceptors (Lipinski definition) is 9. The molecular weight excluding hydrogens is 572 g/mol.